The highest BCUT2D eigenvalue weighted by Crippen LogP contribution is 2.34. The van der Waals surface area contributed by atoms with Crippen molar-refractivity contribution in [2.45, 2.75) is 49.9 Å². The Morgan fingerprint density at radius 2 is 2.20 bits per heavy atom. The number of hydrogen-bond donors (Lipinski definition) is 2. The van der Waals surface area contributed by atoms with Crippen LogP contribution in [0.5, 0.6) is 0 Å². The van der Waals surface area contributed by atoms with Crippen molar-refractivity contribution in [2.24, 2.45) is 0 Å². The highest BCUT2D eigenvalue weighted by atomic mass is 32.2. The molecule has 0 bridgehead atoms. The Kier molecular flexibility index (Phi) is 3.78. The maximum atomic E-state index is 12.6. The van der Waals surface area contributed by atoms with Gasteiger partial charge in [-0.3, -0.25) is 10.1 Å². The fourth-order valence-corrected chi connectivity index (χ4v) is 4.19. The van der Waals surface area contributed by atoms with Crippen molar-refractivity contribution in [1.29, 1.82) is 0 Å². The molecule has 0 saturated carbocycles. The predicted molar refractivity (Wildman–Crippen MR) is 83.7 cm³/mol. The van der Waals surface area contributed by atoms with E-state index < -0.39 is 0 Å². The minimum Gasteiger partial charge on any atom is -0.348 e. The second-order valence-electron chi connectivity index (χ2n) is 6.18. The highest BCUT2D eigenvalue weighted by Gasteiger charge is 2.40. The van der Waals surface area contributed by atoms with Gasteiger partial charge in [-0.2, -0.15) is 0 Å². The number of fused-ring (bicyclic) bond motifs is 1. The molecule has 2 atom stereocenters. The van der Waals surface area contributed by atoms with Gasteiger partial charge in [0, 0.05) is 10.6 Å². The van der Waals surface area contributed by atoms with Crippen molar-refractivity contribution < 1.29 is 4.79 Å². The molecule has 1 aromatic carbocycles. The summed E-state index contributed by atoms with van der Waals surface area (Å²) in [7, 11) is 0. The van der Waals surface area contributed by atoms with Gasteiger partial charge in [-0.25, -0.2) is 0 Å². The minimum atomic E-state index is -0.0958. The van der Waals surface area contributed by atoms with Gasteiger partial charge in [-0.1, -0.05) is 24.3 Å². The molecule has 1 aliphatic heterocycles. The first kappa shape index (κ1) is 14.0. The van der Waals surface area contributed by atoms with Crippen molar-refractivity contribution in [3.8, 4) is 0 Å². The molecule has 2 N–H and O–H groups in total. The summed E-state index contributed by atoms with van der Waals surface area (Å²) in [5.74, 6) is 0.994. The number of aryl methyl sites for hydroxylation is 1. The van der Waals surface area contributed by atoms with Crippen LogP contribution in [0.25, 0.3) is 0 Å². The Hall–Kier alpha value is -1.00. The second-order valence-corrected chi connectivity index (χ2v) is 7.81. The van der Waals surface area contributed by atoms with Crippen molar-refractivity contribution in [1.82, 2.24) is 10.6 Å². The largest absolute Gasteiger partial charge is 0.348 e. The summed E-state index contributed by atoms with van der Waals surface area (Å²) in [5.41, 5.74) is 2.69. The molecule has 2 aliphatic rings. The van der Waals surface area contributed by atoms with Crippen molar-refractivity contribution >= 4 is 17.7 Å². The number of thioether (sulfide) groups is 1. The number of amides is 1. The third-order valence-electron chi connectivity index (χ3n) is 4.37. The summed E-state index contributed by atoms with van der Waals surface area (Å²) >= 11 is 1.81. The first-order valence-electron chi connectivity index (χ1n) is 7.33. The fraction of sp³-hybridized carbons (Fsp3) is 0.562. The van der Waals surface area contributed by atoms with E-state index in [9.17, 15) is 4.79 Å². The number of carbonyl (C=O) groups excluding carboxylic acids is 1. The molecular formula is C16H22N2OS. The Morgan fingerprint density at radius 1 is 1.40 bits per heavy atom. The molecule has 1 saturated heterocycles. The Bertz CT molecular complexity index is 515. The van der Waals surface area contributed by atoms with Gasteiger partial charge in [-0.15, -0.1) is 11.8 Å². The summed E-state index contributed by atoms with van der Waals surface area (Å²) < 4.78 is -0.0295. The normalized spacial score (nSPS) is 27.9. The lowest BCUT2D eigenvalue weighted by Crippen LogP contribution is -2.50. The molecule has 1 aliphatic carbocycles. The lowest BCUT2D eigenvalue weighted by Gasteiger charge is -2.30. The number of rotatable bonds is 2. The smallest absolute Gasteiger partial charge is 0.239 e. The Morgan fingerprint density at radius 3 is 2.95 bits per heavy atom. The Labute approximate surface area is 124 Å². The van der Waals surface area contributed by atoms with Gasteiger partial charge in [-0.05, 0) is 44.2 Å². The first-order chi connectivity index (χ1) is 9.58. The van der Waals surface area contributed by atoms with Crippen molar-refractivity contribution in [2.75, 3.05) is 5.88 Å². The van der Waals surface area contributed by atoms with Crippen molar-refractivity contribution in [3.63, 3.8) is 0 Å². The molecule has 0 aromatic heterocycles. The van der Waals surface area contributed by atoms with Crippen LogP contribution in [0.1, 0.15) is 43.9 Å². The SMILES string of the molecule is CC1(C)SCN[C@@H]1C(=O)N[C@H]1CCCc2ccccc21. The molecule has 1 aromatic rings. The summed E-state index contributed by atoms with van der Waals surface area (Å²) in [6, 6.07) is 8.57. The van der Waals surface area contributed by atoms with Gasteiger partial charge in [0.15, 0.2) is 0 Å². The van der Waals surface area contributed by atoms with E-state index in [2.05, 4.69) is 48.7 Å². The molecule has 3 rings (SSSR count). The molecule has 108 valence electrons. The van der Waals surface area contributed by atoms with Crippen LogP contribution < -0.4 is 10.6 Å². The van der Waals surface area contributed by atoms with Crippen molar-refractivity contribution in [3.05, 3.63) is 35.4 Å². The maximum absolute atomic E-state index is 12.6. The molecule has 1 fully saturated rings. The van der Waals surface area contributed by atoms with Crippen LogP contribution in [0.2, 0.25) is 0 Å². The van der Waals surface area contributed by atoms with Crippen LogP contribution in [0.4, 0.5) is 0 Å². The number of nitrogens with one attached hydrogen (secondary N) is 2. The summed E-state index contributed by atoms with van der Waals surface area (Å²) in [6.07, 6.45) is 3.33. The average molecular weight is 290 g/mol. The van der Waals surface area contributed by atoms with E-state index in [1.165, 1.54) is 11.1 Å². The van der Waals surface area contributed by atoms with E-state index in [-0.39, 0.29) is 22.7 Å². The van der Waals surface area contributed by atoms with Crippen LogP contribution in [0, 0.1) is 0 Å². The highest BCUT2D eigenvalue weighted by molar-refractivity contribution is 8.00. The average Bonchev–Trinajstić information content (AvgIpc) is 2.79. The lowest BCUT2D eigenvalue weighted by atomic mass is 9.87. The quantitative estimate of drug-likeness (QED) is 0.880. The van der Waals surface area contributed by atoms with Crippen LogP contribution in [0.15, 0.2) is 24.3 Å². The third-order valence-corrected chi connectivity index (χ3v) is 5.67. The monoisotopic (exact) mass is 290 g/mol. The van der Waals surface area contributed by atoms with Crippen LogP contribution in [-0.4, -0.2) is 22.6 Å². The number of benzene rings is 1. The first-order valence-corrected chi connectivity index (χ1v) is 8.32. The molecule has 1 heterocycles. The van der Waals surface area contributed by atoms with E-state index in [0.717, 1.165) is 25.1 Å². The van der Waals surface area contributed by atoms with Crippen LogP contribution in [-0.2, 0) is 11.2 Å². The molecule has 0 radical (unpaired) electrons. The molecule has 0 unspecified atom stereocenters. The van der Waals surface area contributed by atoms with Gasteiger partial charge in [0.1, 0.15) is 6.04 Å². The topological polar surface area (TPSA) is 41.1 Å². The van der Waals surface area contributed by atoms with E-state index >= 15 is 0 Å². The van der Waals surface area contributed by atoms with E-state index in [0.29, 0.717) is 0 Å². The molecule has 20 heavy (non-hydrogen) atoms. The molecule has 1 amide bonds. The molecule has 3 nitrogen and oxygen atoms in total. The van der Waals surface area contributed by atoms with Gasteiger partial charge in [0.05, 0.1) is 6.04 Å². The molecule has 4 heteroatoms. The summed E-state index contributed by atoms with van der Waals surface area (Å²) in [4.78, 5) is 12.6. The zero-order valence-electron chi connectivity index (χ0n) is 12.1. The molecular weight excluding hydrogens is 268 g/mol. The lowest BCUT2D eigenvalue weighted by molar-refractivity contribution is -0.124. The van der Waals surface area contributed by atoms with E-state index in [1.54, 1.807) is 0 Å². The molecule has 0 spiro atoms. The van der Waals surface area contributed by atoms with Gasteiger partial charge < -0.3 is 5.32 Å². The zero-order valence-corrected chi connectivity index (χ0v) is 12.9. The number of carbonyl (C=O) groups is 1. The van der Waals surface area contributed by atoms with E-state index in [4.69, 9.17) is 0 Å². The minimum absolute atomic E-state index is 0.0295. The third kappa shape index (κ3) is 2.59. The maximum Gasteiger partial charge on any atom is 0.239 e. The second kappa shape index (κ2) is 5.41. The van der Waals surface area contributed by atoms with Gasteiger partial charge >= 0.3 is 0 Å². The predicted octanol–water partition coefficient (Wildman–Crippen LogP) is 2.62. The van der Waals surface area contributed by atoms with Gasteiger partial charge in [0.2, 0.25) is 5.91 Å². The zero-order chi connectivity index (χ0) is 14.2. The summed E-state index contributed by atoms with van der Waals surface area (Å²) in [5, 5.41) is 6.57. The fourth-order valence-electron chi connectivity index (χ4n) is 3.21. The standard InChI is InChI=1S/C16H22N2OS/c1-16(2)14(17-10-20-16)15(19)18-13-9-5-7-11-6-3-4-8-12(11)13/h3-4,6,8,13-14,17H,5,7,9-10H2,1-2H3,(H,18,19)/t13-,14+/m0/s1. The Balaban J connectivity index is 1.74. The van der Waals surface area contributed by atoms with Crippen LogP contribution in [0.3, 0.4) is 0 Å². The van der Waals surface area contributed by atoms with Crippen LogP contribution >= 0.6 is 11.8 Å². The summed E-state index contributed by atoms with van der Waals surface area (Å²) in [6.45, 7) is 4.27. The number of hydrogen-bond acceptors (Lipinski definition) is 3. The van der Waals surface area contributed by atoms with E-state index in [1.807, 2.05) is 11.8 Å². The van der Waals surface area contributed by atoms with Gasteiger partial charge in [0.25, 0.3) is 0 Å².